The van der Waals surface area contributed by atoms with E-state index < -0.39 is 25.1 Å². The first kappa shape index (κ1) is 22.8. The molecule has 0 amide bonds. The van der Waals surface area contributed by atoms with Gasteiger partial charge in [-0.1, -0.05) is 11.6 Å². The van der Waals surface area contributed by atoms with E-state index in [1.165, 1.54) is 36.3 Å². The highest BCUT2D eigenvalue weighted by atomic mass is 35.5. The number of aliphatic hydroxyl groups excluding tert-OH is 2. The van der Waals surface area contributed by atoms with Crippen LogP contribution in [-0.4, -0.2) is 54.0 Å². The number of fused-ring (bicyclic) bond motifs is 1. The topological polar surface area (TPSA) is 110 Å². The van der Waals surface area contributed by atoms with Crippen LogP contribution in [0.3, 0.4) is 0 Å². The van der Waals surface area contributed by atoms with E-state index in [4.69, 9.17) is 16.3 Å². The van der Waals surface area contributed by atoms with Gasteiger partial charge in [-0.3, -0.25) is 4.68 Å². The first-order valence-electron chi connectivity index (χ1n) is 9.56. The Morgan fingerprint density at radius 2 is 2.06 bits per heavy atom. The maximum absolute atomic E-state index is 12.9. The molecule has 3 N–H and O–H groups in total. The predicted octanol–water partition coefficient (Wildman–Crippen LogP) is 3.28. The summed E-state index contributed by atoms with van der Waals surface area (Å²) in [6.45, 7) is -0.852. The molecule has 0 radical (unpaired) electrons. The van der Waals surface area contributed by atoms with Gasteiger partial charge in [0.05, 0.1) is 31.1 Å². The van der Waals surface area contributed by atoms with Crippen molar-refractivity contribution in [3.63, 3.8) is 0 Å². The lowest BCUT2D eigenvalue weighted by Crippen LogP contribution is -2.32. The van der Waals surface area contributed by atoms with E-state index in [9.17, 15) is 23.4 Å². The summed E-state index contributed by atoms with van der Waals surface area (Å²) >= 11 is 6.11. The molecule has 1 aromatic carbocycles. The number of nitrogens with one attached hydrogen (secondary N) is 1. The average Bonchev–Trinajstić information content (AvgIpc) is 3.37. The zero-order chi connectivity index (χ0) is 23.8. The van der Waals surface area contributed by atoms with Crippen molar-refractivity contribution < 1.29 is 28.1 Å². The zero-order valence-electron chi connectivity index (χ0n) is 17.0. The molecule has 0 fully saturated rings. The van der Waals surface area contributed by atoms with Crippen molar-refractivity contribution in [2.75, 3.05) is 12.4 Å². The number of ether oxygens (including phenoxy) is 1. The second kappa shape index (κ2) is 8.89. The van der Waals surface area contributed by atoms with Gasteiger partial charge in [-0.05, 0) is 24.3 Å². The van der Waals surface area contributed by atoms with Gasteiger partial charge in [0.15, 0.2) is 18.0 Å². The van der Waals surface area contributed by atoms with E-state index in [0.29, 0.717) is 27.5 Å². The van der Waals surface area contributed by atoms with Crippen LogP contribution in [0, 0.1) is 0 Å². The molecule has 2 atom stereocenters. The number of aliphatic hydroxyl groups is 2. The Morgan fingerprint density at radius 3 is 2.79 bits per heavy atom. The second-order valence-corrected chi connectivity index (χ2v) is 7.49. The van der Waals surface area contributed by atoms with Crippen LogP contribution >= 0.6 is 11.6 Å². The third kappa shape index (κ3) is 4.72. The maximum atomic E-state index is 12.9. The van der Waals surface area contributed by atoms with E-state index >= 15 is 0 Å². The number of benzene rings is 1. The van der Waals surface area contributed by atoms with Crippen LogP contribution in [0.4, 0.5) is 18.9 Å². The molecule has 0 spiro atoms. The van der Waals surface area contributed by atoms with Gasteiger partial charge >= 0.3 is 6.18 Å². The van der Waals surface area contributed by atoms with Crippen LogP contribution in [0.15, 0.2) is 49.1 Å². The molecule has 0 aliphatic heterocycles. The Hall–Kier alpha value is -3.35. The smallest absolute Gasteiger partial charge is 0.416 e. The lowest BCUT2D eigenvalue weighted by molar-refractivity contribution is -0.208. The normalized spacial score (nSPS) is 13.8. The number of rotatable bonds is 7. The minimum Gasteiger partial charge on any atom is -0.496 e. The molecule has 13 heteroatoms. The van der Waals surface area contributed by atoms with Crippen molar-refractivity contribution in [2.45, 2.75) is 25.1 Å². The molecule has 0 aliphatic rings. The van der Waals surface area contributed by atoms with Crippen molar-refractivity contribution in [1.82, 2.24) is 24.4 Å². The molecule has 0 saturated carbocycles. The minimum atomic E-state index is -4.82. The molecule has 0 bridgehead atoms. The Bertz CT molecular complexity index is 1280. The average molecular weight is 483 g/mol. The first-order chi connectivity index (χ1) is 15.7. The summed E-state index contributed by atoms with van der Waals surface area (Å²) in [7, 11) is 1.42. The Morgan fingerprint density at radius 1 is 1.27 bits per heavy atom. The summed E-state index contributed by atoms with van der Waals surface area (Å²) in [5.41, 5.74) is 1.43. The second-order valence-electron chi connectivity index (χ2n) is 7.05. The number of halogens is 4. The molecular formula is C20H18ClF3N6O3. The molecule has 1 unspecified atom stereocenters. The van der Waals surface area contributed by atoms with Crippen molar-refractivity contribution in [1.29, 1.82) is 0 Å². The number of aromatic nitrogens is 5. The van der Waals surface area contributed by atoms with Gasteiger partial charge in [0.2, 0.25) is 0 Å². The fourth-order valence-corrected chi connectivity index (χ4v) is 3.40. The maximum Gasteiger partial charge on any atom is 0.416 e. The molecule has 0 saturated heterocycles. The fraction of sp³-hybridized carbons (Fsp3) is 0.250. The third-order valence-corrected chi connectivity index (χ3v) is 5.04. The summed E-state index contributed by atoms with van der Waals surface area (Å²) in [5, 5.41) is 31.8. The van der Waals surface area contributed by atoms with Crippen molar-refractivity contribution in [3.8, 4) is 17.0 Å². The highest BCUT2D eigenvalue weighted by Crippen LogP contribution is 2.37. The molecule has 4 rings (SSSR count). The van der Waals surface area contributed by atoms with Gasteiger partial charge < -0.3 is 20.3 Å². The quantitative estimate of drug-likeness (QED) is 0.347. The fourth-order valence-electron chi connectivity index (χ4n) is 3.23. The van der Waals surface area contributed by atoms with Gasteiger partial charge in [-0.2, -0.15) is 23.4 Å². The molecule has 4 aromatic rings. The predicted molar refractivity (Wildman–Crippen MR) is 113 cm³/mol. The number of anilines is 1. The summed E-state index contributed by atoms with van der Waals surface area (Å²) in [4.78, 5) is 4.18. The van der Waals surface area contributed by atoms with E-state index in [-0.39, 0.29) is 11.4 Å². The van der Waals surface area contributed by atoms with E-state index in [1.54, 1.807) is 24.4 Å². The van der Waals surface area contributed by atoms with Crippen LogP contribution in [0.25, 0.3) is 16.9 Å². The number of methoxy groups -OCH3 is 1. The van der Waals surface area contributed by atoms with Crippen molar-refractivity contribution >= 4 is 22.9 Å². The molecule has 0 aliphatic carbocycles. The molecule has 33 heavy (non-hydrogen) atoms. The summed E-state index contributed by atoms with van der Waals surface area (Å²) in [6, 6.07) is 6.36. The van der Waals surface area contributed by atoms with Crippen LogP contribution < -0.4 is 10.1 Å². The Labute approximate surface area is 190 Å². The van der Waals surface area contributed by atoms with Crippen molar-refractivity contribution in [3.05, 3.63) is 59.6 Å². The van der Waals surface area contributed by atoms with Crippen LogP contribution in [-0.2, 0) is 6.54 Å². The first-order valence-corrected chi connectivity index (χ1v) is 9.94. The highest BCUT2D eigenvalue weighted by molar-refractivity contribution is 6.31. The Balaban J connectivity index is 1.75. The Kier molecular flexibility index (Phi) is 6.15. The number of nitrogens with zero attached hydrogens (tertiary/aromatic N) is 5. The van der Waals surface area contributed by atoms with Gasteiger partial charge in [0.25, 0.3) is 0 Å². The van der Waals surface area contributed by atoms with Gasteiger partial charge in [-0.15, -0.1) is 0 Å². The zero-order valence-corrected chi connectivity index (χ0v) is 17.8. The largest absolute Gasteiger partial charge is 0.496 e. The lowest BCUT2D eigenvalue weighted by Gasteiger charge is -2.14. The molecule has 9 nitrogen and oxygen atoms in total. The molecule has 174 valence electrons. The number of alkyl halides is 3. The molecular weight excluding hydrogens is 465 g/mol. The lowest BCUT2D eigenvalue weighted by atomic mass is 10.1. The van der Waals surface area contributed by atoms with Gasteiger partial charge in [0, 0.05) is 29.2 Å². The van der Waals surface area contributed by atoms with Gasteiger partial charge in [-0.25, -0.2) is 9.50 Å². The SMILES string of the molecule is COc1ccc(Cl)cc1-c1nn(C[C@H](O)C(F)(F)F)cc1NC(O)c1cnn2cccnc12. The van der Waals surface area contributed by atoms with E-state index in [1.807, 2.05) is 0 Å². The number of hydrogen-bond acceptors (Lipinski definition) is 7. The standard InChI is InChI=1S/C20H18ClF3N6O3/c1-33-15-4-3-11(21)7-12(15)17-14(9-29(28-17)10-16(31)20(22,23)24)27-19(32)13-8-26-30-6-2-5-25-18(13)30/h2-9,16,19,27,31-32H,10H2,1H3/t16-,19?/m0/s1. The van der Waals surface area contributed by atoms with Crippen LogP contribution in [0.1, 0.15) is 11.8 Å². The molecule has 3 aromatic heterocycles. The van der Waals surface area contributed by atoms with Crippen LogP contribution in [0.2, 0.25) is 5.02 Å². The van der Waals surface area contributed by atoms with E-state index in [0.717, 1.165) is 4.68 Å². The van der Waals surface area contributed by atoms with Crippen molar-refractivity contribution in [2.24, 2.45) is 0 Å². The summed E-state index contributed by atoms with van der Waals surface area (Å²) in [6.07, 6.45) is -2.94. The number of hydrogen-bond donors (Lipinski definition) is 3. The third-order valence-electron chi connectivity index (χ3n) is 4.81. The minimum absolute atomic E-state index is 0.159. The van der Waals surface area contributed by atoms with Crippen LogP contribution in [0.5, 0.6) is 5.75 Å². The van der Waals surface area contributed by atoms with Gasteiger partial charge in [0.1, 0.15) is 11.4 Å². The summed E-state index contributed by atoms with van der Waals surface area (Å²) in [5.74, 6) is 0.358. The summed E-state index contributed by atoms with van der Waals surface area (Å²) < 4.78 is 46.4. The van der Waals surface area contributed by atoms with E-state index in [2.05, 4.69) is 20.5 Å². The highest BCUT2D eigenvalue weighted by Gasteiger charge is 2.38. The molecule has 3 heterocycles. The monoisotopic (exact) mass is 482 g/mol.